The van der Waals surface area contributed by atoms with Crippen molar-refractivity contribution in [1.82, 2.24) is 19.2 Å². The van der Waals surface area contributed by atoms with Crippen molar-refractivity contribution in [3.63, 3.8) is 0 Å². The van der Waals surface area contributed by atoms with Crippen molar-refractivity contribution in [3.05, 3.63) is 11.9 Å². The molecule has 2 rings (SSSR count). The van der Waals surface area contributed by atoms with Gasteiger partial charge >= 0.3 is 0 Å². The molecule has 0 radical (unpaired) electrons. The molecule has 120 valence electrons. The molecule has 1 aliphatic heterocycles. The van der Waals surface area contributed by atoms with E-state index in [0.29, 0.717) is 18.7 Å². The molecule has 21 heavy (non-hydrogen) atoms. The predicted molar refractivity (Wildman–Crippen MR) is 75.9 cm³/mol. The highest BCUT2D eigenvalue weighted by Crippen LogP contribution is 2.24. The second-order valence-electron chi connectivity index (χ2n) is 5.12. The zero-order chi connectivity index (χ0) is 15.7. The number of nitrogens with two attached hydrogens (primary N) is 1. The number of rotatable bonds is 5. The molecule has 0 saturated carbocycles. The molecule has 1 saturated heterocycles. The van der Waals surface area contributed by atoms with Gasteiger partial charge in [0.2, 0.25) is 10.0 Å². The van der Waals surface area contributed by atoms with Gasteiger partial charge in [-0.05, 0) is 25.7 Å². The smallest absolute Gasteiger partial charge is 0.274 e. The van der Waals surface area contributed by atoms with Gasteiger partial charge in [0.1, 0.15) is 4.90 Å². The Kier molecular flexibility index (Phi) is 4.68. The van der Waals surface area contributed by atoms with Gasteiger partial charge < -0.3 is 0 Å². The highest BCUT2D eigenvalue weighted by Gasteiger charge is 2.32. The van der Waals surface area contributed by atoms with Crippen molar-refractivity contribution in [2.45, 2.75) is 24.7 Å². The molecule has 1 aromatic heterocycles. The second kappa shape index (κ2) is 6.01. The first-order chi connectivity index (χ1) is 9.70. The number of piperidine rings is 1. The summed E-state index contributed by atoms with van der Waals surface area (Å²) < 4.78 is 50.4. The third kappa shape index (κ3) is 4.01. The number of nitrogens with zero attached hydrogens (tertiary/aromatic N) is 2. The van der Waals surface area contributed by atoms with Crippen LogP contribution < -0.4 is 9.86 Å². The van der Waals surface area contributed by atoms with Gasteiger partial charge in [-0.3, -0.25) is 5.10 Å². The van der Waals surface area contributed by atoms with Crippen LogP contribution >= 0.6 is 0 Å². The van der Waals surface area contributed by atoms with E-state index in [1.165, 1.54) is 10.5 Å². The van der Waals surface area contributed by atoms with Crippen LogP contribution in [0.5, 0.6) is 0 Å². The molecule has 9 nitrogen and oxygen atoms in total. The van der Waals surface area contributed by atoms with E-state index in [4.69, 9.17) is 5.14 Å². The Morgan fingerprint density at radius 3 is 2.76 bits per heavy atom. The first-order valence-corrected chi connectivity index (χ1v) is 9.46. The first-order valence-electron chi connectivity index (χ1n) is 6.47. The van der Waals surface area contributed by atoms with Gasteiger partial charge in [-0.25, -0.2) is 18.3 Å². The molecule has 11 heteroatoms. The van der Waals surface area contributed by atoms with E-state index in [-0.39, 0.29) is 23.9 Å². The van der Waals surface area contributed by atoms with Gasteiger partial charge in [-0.2, -0.15) is 17.8 Å². The lowest BCUT2D eigenvalue weighted by molar-refractivity contribution is 0.267. The van der Waals surface area contributed by atoms with E-state index in [1.54, 1.807) is 6.92 Å². The molecule has 0 spiro atoms. The lowest BCUT2D eigenvalue weighted by Crippen LogP contribution is -2.44. The quantitative estimate of drug-likeness (QED) is 0.627. The number of aromatic amines is 1. The van der Waals surface area contributed by atoms with E-state index in [1.807, 2.05) is 0 Å². The maximum Gasteiger partial charge on any atom is 0.274 e. The average molecular weight is 337 g/mol. The van der Waals surface area contributed by atoms with Crippen LogP contribution in [0.15, 0.2) is 11.1 Å². The van der Waals surface area contributed by atoms with Crippen LogP contribution in [0, 0.1) is 12.8 Å². The second-order valence-corrected chi connectivity index (χ2v) is 8.41. The summed E-state index contributed by atoms with van der Waals surface area (Å²) >= 11 is 0. The van der Waals surface area contributed by atoms with E-state index in [9.17, 15) is 16.8 Å². The highest BCUT2D eigenvalue weighted by molar-refractivity contribution is 7.89. The topological polar surface area (TPSA) is 138 Å². The van der Waals surface area contributed by atoms with Gasteiger partial charge in [0.25, 0.3) is 10.2 Å². The Morgan fingerprint density at radius 1 is 1.48 bits per heavy atom. The summed E-state index contributed by atoms with van der Waals surface area (Å²) in [7, 11) is -7.36. The highest BCUT2D eigenvalue weighted by atomic mass is 32.2. The largest absolute Gasteiger partial charge is 0.281 e. The monoisotopic (exact) mass is 337 g/mol. The summed E-state index contributed by atoms with van der Waals surface area (Å²) in [5.74, 6) is -0.0981. The maximum absolute atomic E-state index is 12.5. The lowest BCUT2D eigenvalue weighted by Gasteiger charge is -2.31. The fourth-order valence-electron chi connectivity index (χ4n) is 2.38. The van der Waals surface area contributed by atoms with E-state index in [2.05, 4.69) is 14.9 Å². The Labute approximate surface area is 124 Å². The molecule has 4 N–H and O–H groups in total. The molecule has 1 aromatic rings. The van der Waals surface area contributed by atoms with E-state index >= 15 is 0 Å². The SMILES string of the molecule is Cc1[nH]ncc1S(=O)(=O)N1CCCC(CNS(N)(=O)=O)C1. The van der Waals surface area contributed by atoms with Gasteiger partial charge in [-0.15, -0.1) is 0 Å². The number of aryl methyl sites for hydroxylation is 1. The van der Waals surface area contributed by atoms with Crippen molar-refractivity contribution in [1.29, 1.82) is 0 Å². The molecule has 1 fully saturated rings. The summed E-state index contributed by atoms with van der Waals surface area (Å²) in [5.41, 5.74) is 0.486. The summed E-state index contributed by atoms with van der Waals surface area (Å²) in [6.07, 6.45) is 2.71. The third-order valence-corrected chi connectivity index (χ3v) is 6.00. The van der Waals surface area contributed by atoms with Crippen LogP contribution in [-0.4, -0.2) is 51.0 Å². The van der Waals surface area contributed by atoms with Gasteiger partial charge in [-0.1, -0.05) is 0 Å². The Morgan fingerprint density at radius 2 is 2.19 bits per heavy atom. The molecule has 1 unspecified atom stereocenters. The van der Waals surface area contributed by atoms with Crippen molar-refractivity contribution >= 4 is 20.2 Å². The number of hydrogen-bond acceptors (Lipinski definition) is 5. The van der Waals surface area contributed by atoms with Crippen LogP contribution in [0.2, 0.25) is 0 Å². The minimum atomic E-state index is -3.76. The molecular weight excluding hydrogens is 318 g/mol. The number of H-pyrrole nitrogens is 1. The minimum Gasteiger partial charge on any atom is -0.281 e. The van der Waals surface area contributed by atoms with Crippen molar-refractivity contribution in [3.8, 4) is 0 Å². The molecule has 0 bridgehead atoms. The molecular formula is C10H19N5O4S2. The minimum absolute atomic E-state index is 0.0981. The Balaban J connectivity index is 2.09. The number of nitrogens with one attached hydrogen (secondary N) is 2. The van der Waals surface area contributed by atoms with Crippen molar-refractivity contribution in [2.24, 2.45) is 11.1 Å². The molecule has 2 heterocycles. The summed E-state index contributed by atoms with van der Waals surface area (Å²) in [4.78, 5) is 0.155. The van der Waals surface area contributed by atoms with E-state index in [0.717, 1.165) is 6.42 Å². The average Bonchev–Trinajstić information content (AvgIpc) is 2.83. The third-order valence-electron chi connectivity index (χ3n) is 3.46. The number of aromatic nitrogens is 2. The van der Waals surface area contributed by atoms with Gasteiger partial charge in [0, 0.05) is 19.6 Å². The standard InChI is InChI=1S/C10H19N5O4S2/c1-8-10(6-12-14-8)20(16,17)15-4-2-3-9(7-15)5-13-21(11,18)19/h6,9,13H,2-5,7H2,1H3,(H,12,14)(H2,11,18,19). The molecule has 1 aliphatic rings. The number of hydrogen-bond donors (Lipinski definition) is 3. The fourth-order valence-corrected chi connectivity index (χ4v) is 4.53. The Hall–Kier alpha value is -1.01. The van der Waals surface area contributed by atoms with Crippen LogP contribution in [0.1, 0.15) is 18.5 Å². The van der Waals surface area contributed by atoms with Crippen LogP contribution in [0.4, 0.5) is 0 Å². The maximum atomic E-state index is 12.5. The summed E-state index contributed by atoms with van der Waals surface area (Å²) in [5, 5.41) is 11.2. The molecule has 0 aliphatic carbocycles. The first kappa shape index (κ1) is 16.4. The Bertz CT molecular complexity index is 697. The van der Waals surface area contributed by atoms with E-state index < -0.39 is 20.2 Å². The zero-order valence-corrected chi connectivity index (χ0v) is 13.2. The van der Waals surface area contributed by atoms with Crippen molar-refractivity contribution < 1.29 is 16.8 Å². The lowest BCUT2D eigenvalue weighted by atomic mass is 10.0. The van der Waals surface area contributed by atoms with Gasteiger partial charge in [0.05, 0.1) is 11.9 Å². The molecule has 0 amide bonds. The van der Waals surface area contributed by atoms with Crippen LogP contribution in [0.3, 0.4) is 0 Å². The van der Waals surface area contributed by atoms with Crippen molar-refractivity contribution in [2.75, 3.05) is 19.6 Å². The zero-order valence-electron chi connectivity index (χ0n) is 11.6. The molecule has 0 aromatic carbocycles. The summed E-state index contributed by atoms with van der Waals surface area (Å²) in [6.45, 7) is 2.45. The fraction of sp³-hybridized carbons (Fsp3) is 0.700. The van der Waals surface area contributed by atoms with Crippen LogP contribution in [0.25, 0.3) is 0 Å². The normalized spacial score (nSPS) is 21.5. The summed E-state index contributed by atoms with van der Waals surface area (Å²) in [6, 6.07) is 0. The van der Waals surface area contributed by atoms with Gasteiger partial charge in [0.15, 0.2) is 0 Å². The predicted octanol–water partition coefficient (Wildman–Crippen LogP) is -1.09. The number of sulfonamides is 1. The molecule has 1 atom stereocenters. The van der Waals surface area contributed by atoms with Crippen LogP contribution in [-0.2, 0) is 20.2 Å².